The molecule has 8 heteroatoms. The van der Waals surface area contributed by atoms with E-state index in [1.54, 1.807) is 0 Å². The standard InChI is InChI=1S/C18H17F3N2O3/c1-2-13-3-5-14(6-4-13)11-22-25-12-17(24)23-15-7-9-16(10-8-15)26-18(19,20)21/h3-11H,2,12H2,1H3,(H,23,24)/b22-11-. The van der Waals surface area contributed by atoms with Gasteiger partial charge in [-0.05, 0) is 41.8 Å². The number of hydrogen-bond donors (Lipinski definition) is 1. The summed E-state index contributed by atoms with van der Waals surface area (Å²) in [6.07, 6.45) is -2.33. The number of benzene rings is 2. The van der Waals surface area contributed by atoms with Gasteiger partial charge in [-0.2, -0.15) is 0 Å². The van der Waals surface area contributed by atoms with Crippen molar-refractivity contribution in [3.63, 3.8) is 0 Å². The smallest absolute Gasteiger partial charge is 0.406 e. The number of alkyl halides is 3. The molecular formula is C18H17F3N2O3. The molecule has 0 bridgehead atoms. The summed E-state index contributed by atoms with van der Waals surface area (Å²) in [7, 11) is 0. The summed E-state index contributed by atoms with van der Waals surface area (Å²) in [6.45, 7) is 1.73. The van der Waals surface area contributed by atoms with E-state index in [0.717, 1.165) is 24.1 Å². The Morgan fingerprint density at radius 3 is 2.35 bits per heavy atom. The molecule has 0 aliphatic rings. The van der Waals surface area contributed by atoms with Crippen molar-refractivity contribution in [3.8, 4) is 5.75 Å². The molecule has 0 fully saturated rings. The highest BCUT2D eigenvalue weighted by atomic mass is 19.4. The van der Waals surface area contributed by atoms with E-state index in [-0.39, 0.29) is 12.4 Å². The second kappa shape index (κ2) is 8.89. The van der Waals surface area contributed by atoms with Gasteiger partial charge in [0.1, 0.15) is 5.75 Å². The average Bonchev–Trinajstić information content (AvgIpc) is 2.60. The van der Waals surface area contributed by atoms with Crippen LogP contribution in [0, 0.1) is 0 Å². The van der Waals surface area contributed by atoms with Crippen LogP contribution >= 0.6 is 0 Å². The Hall–Kier alpha value is -3.03. The number of nitrogens with zero attached hydrogens (tertiary/aromatic N) is 1. The third-order valence-electron chi connectivity index (χ3n) is 3.23. The van der Waals surface area contributed by atoms with Gasteiger partial charge in [0.2, 0.25) is 0 Å². The molecule has 138 valence electrons. The van der Waals surface area contributed by atoms with Gasteiger partial charge in [-0.15, -0.1) is 13.2 Å². The molecule has 0 unspecified atom stereocenters. The number of aryl methyl sites for hydroxylation is 1. The van der Waals surface area contributed by atoms with Gasteiger partial charge in [0.15, 0.2) is 6.61 Å². The largest absolute Gasteiger partial charge is 0.573 e. The fourth-order valence-corrected chi connectivity index (χ4v) is 1.97. The highest BCUT2D eigenvalue weighted by Gasteiger charge is 2.30. The summed E-state index contributed by atoms with van der Waals surface area (Å²) in [6, 6.07) is 12.5. The lowest BCUT2D eigenvalue weighted by molar-refractivity contribution is -0.274. The van der Waals surface area contributed by atoms with Crippen molar-refractivity contribution in [1.29, 1.82) is 0 Å². The summed E-state index contributed by atoms with van der Waals surface area (Å²) in [5, 5.41) is 6.17. The molecular weight excluding hydrogens is 349 g/mol. The molecule has 0 atom stereocenters. The first-order valence-corrected chi connectivity index (χ1v) is 7.75. The molecule has 0 heterocycles. The molecule has 0 aliphatic carbocycles. The lowest BCUT2D eigenvalue weighted by Crippen LogP contribution is -2.18. The summed E-state index contributed by atoms with van der Waals surface area (Å²) >= 11 is 0. The fourth-order valence-electron chi connectivity index (χ4n) is 1.97. The number of nitrogens with one attached hydrogen (secondary N) is 1. The molecule has 2 rings (SSSR count). The lowest BCUT2D eigenvalue weighted by atomic mass is 10.1. The quantitative estimate of drug-likeness (QED) is 0.592. The highest BCUT2D eigenvalue weighted by Crippen LogP contribution is 2.23. The molecule has 5 nitrogen and oxygen atoms in total. The number of oxime groups is 1. The molecule has 2 aromatic carbocycles. The van der Waals surface area contributed by atoms with Crippen LogP contribution in [0.15, 0.2) is 53.7 Å². The molecule has 0 radical (unpaired) electrons. The van der Waals surface area contributed by atoms with Gasteiger partial charge in [-0.1, -0.05) is 36.3 Å². The Kier molecular flexibility index (Phi) is 6.60. The minimum Gasteiger partial charge on any atom is -0.406 e. The van der Waals surface area contributed by atoms with Crippen LogP contribution < -0.4 is 10.1 Å². The van der Waals surface area contributed by atoms with E-state index >= 15 is 0 Å². The Morgan fingerprint density at radius 1 is 1.12 bits per heavy atom. The van der Waals surface area contributed by atoms with Gasteiger partial charge in [0.05, 0.1) is 6.21 Å². The molecule has 26 heavy (non-hydrogen) atoms. The van der Waals surface area contributed by atoms with Gasteiger partial charge >= 0.3 is 6.36 Å². The van der Waals surface area contributed by atoms with Crippen molar-refractivity contribution in [2.24, 2.45) is 5.16 Å². The fraction of sp³-hybridized carbons (Fsp3) is 0.222. The van der Waals surface area contributed by atoms with E-state index in [2.05, 4.69) is 22.1 Å². The van der Waals surface area contributed by atoms with Crippen molar-refractivity contribution in [1.82, 2.24) is 0 Å². The SMILES string of the molecule is CCc1ccc(/C=N\OCC(=O)Nc2ccc(OC(F)(F)F)cc2)cc1. The number of carbonyl (C=O) groups excluding carboxylic acids is 1. The maximum absolute atomic E-state index is 12.1. The Labute approximate surface area is 148 Å². The van der Waals surface area contributed by atoms with Gasteiger partial charge in [-0.3, -0.25) is 4.79 Å². The molecule has 0 saturated carbocycles. The Bertz CT molecular complexity index is 742. The van der Waals surface area contributed by atoms with Crippen LogP contribution in [0.1, 0.15) is 18.1 Å². The topological polar surface area (TPSA) is 59.9 Å². The van der Waals surface area contributed by atoms with E-state index < -0.39 is 12.3 Å². The van der Waals surface area contributed by atoms with E-state index in [1.807, 2.05) is 24.3 Å². The number of anilines is 1. The van der Waals surface area contributed by atoms with Crippen molar-refractivity contribution in [2.75, 3.05) is 11.9 Å². The summed E-state index contributed by atoms with van der Waals surface area (Å²) in [5.41, 5.74) is 2.35. The first kappa shape index (κ1) is 19.3. The summed E-state index contributed by atoms with van der Waals surface area (Å²) in [5.74, 6) is -0.863. The maximum Gasteiger partial charge on any atom is 0.573 e. The van der Waals surface area contributed by atoms with E-state index in [1.165, 1.54) is 23.9 Å². The van der Waals surface area contributed by atoms with Gasteiger partial charge in [-0.25, -0.2) is 0 Å². The van der Waals surface area contributed by atoms with Crippen molar-refractivity contribution in [3.05, 3.63) is 59.7 Å². The summed E-state index contributed by atoms with van der Waals surface area (Å²) in [4.78, 5) is 16.6. The average molecular weight is 366 g/mol. The highest BCUT2D eigenvalue weighted by molar-refractivity contribution is 5.91. The number of hydrogen-bond acceptors (Lipinski definition) is 4. The normalized spacial score (nSPS) is 11.4. The maximum atomic E-state index is 12.1. The van der Waals surface area contributed by atoms with Crippen LogP contribution in [0.5, 0.6) is 5.75 Å². The molecule has 2 aromatic rings. The van der Waals surface area contributed by atoms with Gasteiger partial charge in [0, 0.05) is 5.69 Å². The zero-order chi connectivity index (χ0) is 19.0. The van der Waals surface area contributed by atoms with Crippen molar-refractivity contribution in [2.45, 2.75) is 19.7 Å². The van der Waals surface area contributed by atoms with Crippen LogP contribution in [0.4, 0.5) is 18.9 Å². The number of rotatable bonds is 7. The second-order valence-electron chi connectivity index (χ2n) is 5.22. The molecule has 1 amide bonds. The van der Waals surface area contributed by atoms with Crippen LogP contribution in [-0.2, 0) is 16.1 Å². The lowest BCUT2D eigenvalue weighted by Gasteiger charge is -2.09. The second-order valence-corrected chi connectivity index (χ2v) is 5.22. The third-order valence-corrected chi connectivity index (χ3v) is 3.23. The first-order valence-electron chi connectivity index (χ1n) is 7.75. The zero-order valence-electron chi connectivity index (χ0n) is 13.9. The van der Waals surface area contributed by atoms with Crippen LogP contribution in [-0.4, -0.2) is 25.1 Å². The molecule has 0 saturated heterocycles. The van der Waals surface area contributed by atoms with Crippen LogP contribution in [0.25, 0.3) is 0 Å². The van der Waals surface area contributed by atoms with Gasteiger partial charge < -0.3 is 14.9 Å². The molecule has 1 N–H and O–H groups in total. The zero-order valence-corrected chi connectivity index (χ0v) is 13.9. The van der Waals surface area contributed by atoms with E-state index in [0.29, 0.717) is 5.69 Å². The summed E-state index contributed by atoms with van der Waals surface area (Å²) < 4.78 is 39.9. The number of amides is 1. The van der Waals surface area contributed by atoms with Crippen LogP contribution in [0.3, 0.4) is 0 Å². The predicted octanol–water partition coefficient (Wildman–Crippen LogP) is 4.14. The molecule has 0 spiro atoms. The minimum atomic E-state index is -4.76. The van der Waals surface area contributed by atoms with Crippen LogP contribution in [0.2, 0.25) is 0 Å². The molecule has 0 aliphatic heterocycles. The first-order chi connectivity index (χ1) is 12.4. The van der Waals surface area contributed by atoms with Crippen molar-refractivity contribution < 1.29 is 27.5 Å². The minimum absolute atomic E-state index is 0.312. The third kappa shape index (κ3) is 6.84. The Balaban J connectivity index is 1.76. The Morgan fingerprint density at radius 2 is 1.77 bits per heavy atom. The monoisotopic (exact) mass is 366 g/mol. The van der Waals surface area contributed by atoms with Gasteiger partial charge in [0.25, 0.3) is 5.91 Å². The molecule has 0 aromatic heterocycles. The van der Waals surface area contributed by atoms with E-state index in [9.17, 15) is 18.0 Å². The number of halogens is 3. The number of carbonyl (C=O) groups is 1. The predicted molar refractivity (Wildman–Crippen MR) is 91.1 cm³/mol. The number of ether oxygens (including phenoxy) is 1. The van der Waals surface area contributed by atoms with Crippen molar-refractivity contribution >= 4 is 17.8 Å². The van der Waals surface area contributed by atoms with E-state index in [4.69, 9.17) is 4.84 Å².